The van der Waals surface area contributed by atoms with Crippen molar-refractivity contribution in [2.75, 3.05) is 6.54 Å². The van der Waals surface area contributed by atoms with Gasteiger partial charge in [0.15, 0.2) is 11.0 Å². The van der Waals surface area contributed by atoms with Crippen molar-refractivity contribution in [3.05, 3.63) is 23.1 Å². The first-order valence-corrected chi connectivity index (χ1v) is 4.80. The molecule has 14 heavy (non-hydrogen) atoms. The molecule has 1 aromatic rings. The lowest BCUT2D eigenvalue weighted by molar-refractivity contribution is 0.0923. The van der Waals surface area contributed by atoms with Crippen LogP contribution in [0.25, 0.3) is 0 Å². The third-order valence-electron chi connectivity index (χ3n) is 1.85. The van der Waals surface area contributed by atoms with Crippen molar-refractivity contribution < 1.29 is 9.21 Å². The Balaban J connectivity index is 2.43. The Morgan fingerprint density at radius 3 is 2.93 bits per heavy atom. The van der Waals surface area contributed by atoms with E-state index in [2.05, 4.69) is 5.32 Å². The molecule has 0 fully saturated rings. The molecule has 1 heterocycles. The fourth-order valence-electron chi connectivity index (χ4n) is 0.892. The highest BCUT2D eigenvalue weighted by Crippen LogP contribution is 2.12. The quantitative estimate of drug-likeness (QED) is 0.800. The fourth-order valence-corrected chi connectivity index (χ4v) is 1.04. The molecule has 3 N–H and O–H groups in total. The summed E-state index contributed by atoms with van der Waals surface area (Å²) < 4.78 is 4.92. The second-order valence-corrected chi connectivity index (χ2v) is 3.35. The van der Waals surface area contributed by atoms with Gasteiger partial charge in [-0.2, -0.15) is 0 Å². The Bertz CT molecular complexity index is 312. The largest absolute Gasteiger partial charge is 0.440 e. The third kappa shape index (κ3) is 3.05. The Labute approximate surface area is 87.4 Å². The number of carbonyl (C=O) groups is 1. The standard InChI is InChI=1S/C9H13ClN2O2/c1-2-6(11)5-12-9(13)7-3-4-8(10)14-7/h3-4,6H,2,5,11H2,1H3,(H,12,13). The maximum absolute atomic E-state index is 11.4. The molecule has 0 aliphatic rings. The van der Waals surface area contributed by atoms with Gasteiger partial charge in [0.25, 0.3) is 5.91 Å². The van der Waals surface area contributed by atoms with Crippen LogP contribution < -0.4 is 11.1 Å². The fraction of sp³-hybridized carbons (Fsp3) is 0.444. The van der Waals surface area contributed by atoms with E-state index in [0.717, 1.165) is 6.42 Å². The van der Waals surface area contributed by atoms with Crippen molar-refractivity contribution >= 4 is 17.5 Å². The van der Waals surface area contributed by atoms with Gasteiger partial charge >= 0.3 is 0 Å². The number of nitrogens with two attached hydrogens (primary N) is 1. The molecule has 1 amide bonds. The monoisotopic (exact) mass is 216 g/mol. The van der Waals surface area contributed by atoms with Crippen LogP contribution in [0, 0.1) is 0 Å². The Morgan fingerprint density at radius 2 is 2.43 bits per heavy atom. The molecule has 4 nitrogen and oxygen atoms in total. The van der Waals surface area contributed by atoms with E-state index in [4.69, 9.17) is 21.8 Å². The lowest BCUT2D eigenvalue weighted by Gasteiger charge is -2.08. The summed E-state index contributed by atoms with van der Waals surface area (Å²) in [6, 6.07) is 3.02. The van der Waals surface area contributed by atoms with Crippen molar-refractivity contribution in [1.29, 1.82) is 0 Å². The van der Waals surface area contributed by atoms with Crippen molar-refractivity contribution in [2.24, 2.45) is 5.73 Å². The summed E-state index contributed by atoms with van der Waals surface area (Å²) in [4.78, 5) is 11.4. The molecule has 5 heteroatoms. The van der Waals surface area contributed by atoms with Gasteiger partial charge in [0.2, 0.25) is 0 Å². The highest BCUT2D eigenvalue weighted by atomic mass is 35.5. The summed E-state index contributed by atoms with van der Waals surface area (Å²) in [5.41, 5.74) is 5.63. The average Bonchev–Trinajstić information content (AvgIpc) is 2.60. The lowest BCUT2D eigenvalue weighted by atomic mass is 10.2. The van der Waals surface area contributed by atoms with Crippen LogP contribution in [0.3, 0.4) is 0 Å². The number of halogens is 1. The molecule has 0 radical (unpaired) electrons. The molecule has 1 aromatic heterocycles. The van der Waals surface area contributed by atoms with Gasteiger partial charge in [0.05, 0.1) is 0 Å². The van der Waals surface area contributed by atoms with E-state index in [1.54, 1.807) is 0 Å². The summed E-state index contributed by atoms with van der Waals surface area (Å²) in [5, 5.41) is 2.85. The first kappa shape index (κ1) is 11.1. The molecule has 0 saturated heterocycles. The van der Waals surface area contributed by atoms with E-state index >= 15 is 0 Å². The zero-order chi connectivity index (χ0) is 10.6. The highest BCUT2D eigenvalue weighted by Gasteiger charge is 2.10. The zero-order valence-electron chi connectivity index (χ0n) is 7.92. The molecule has 0 aliphatic carbocycles. The molecule has 1 unspecified atom stereocenters. The first-order valence-electron chi connectivity index (χ1n) is 4.42. The Morgan fingerprint density at radius 1 is 1.71 bits per heavy atom. The van der Waals surface area contributed by atoms with Crippen LogP contribution in [0.4, 0.5) is 0 Å². The lowest BCUT2D eigenvalue weighted by Crippen LogP contribution is -2.36. The average molecular weight is 217 g/mol. The molecule has 0 spiro atoms. The minimum absolute atomic E-state index is 0.0237. The molecule has 78 valence electrons. The SMILES string of the molecule is CCC(N)CNC(=O)c1ccc(Cl)o1. The van der Waals surface area contributed by atoms with Gasteiger partial charge in [0.1, 0.15) is 0 Å². The van der Waals surface area contributed by atoms with Gasteiger partial charge in [-0.05, 0) is 30.2 Å². The van der Waals surface area contributed by atoms with Crippen LogP contribution in [0.1, 0.15) is 23.9 Å². The molecule has 1 atom stereocenters. The molecule has 0 saturated carbocycles. The molecular formula is C9H13ClN2O2. The van der Waals surface area contributed by atoms with Gasteiger partial charge in [-0.15, -0.1) is 0 Å². The van der Waals surface area contributed by atoms with Crippen molar-refractivity contribution in [3.63, 3.8) is 0 Å². The van der Waals surface area contributed by atoms with E-state index in [1.807, 2.05) is 6.92 Å². The van der Waals surface area contributed by atoms with Crippen molar-refractivity contribution in [1.82, 2.24) is 5.32 Å². The number of nitrogens with one attached hydrogen (secondary N) is 1. The number of amides is 1. The van der Waals surface area contributed by atoms with Crippen LogP contribution in [0.15, 0.2) is 16.5 Å². The Hall–Kier alpha value is -1.00. The number of rotatable bonds is 4. The van der Waals surface area contributed by atoms with Crippen LogP contribution in [-0.4, -0.2) is 18.5 Å². The number of hydrogen-bond donors (Lipinski definition) is 2. The first-order chi connectivity index (χ1) is 6.63. The van der Waals surface area contributed by atoms with Crippen LogP contribution in [0.2, 0.25) is 5.22 Å². The van der Waals surface area contributed by atoms with E-state index in [-0.39, 0.29) is 22.9 Å². The zero-order valence-corrected chi connectivity index (χ0v) is 8.67. The second kappa shape index (κ2) is 5.02. The molecule has 0 aliphatic heterocycles. The molecule has 0 bridgehead atoms. The van der Waals surface area contributed by atoms with E-state index < -0.39 is 0 Å². The maximum atomic E-state index is 11.4. The van der Waals surface area contributed by atoms with Crippen LogP contribution >= 0.6 is 11.6 Å². The maximum Gasteiger partial charge on any atom is 0.287 e. The van der Waals surface area contributed by atoms with Gasteiger partial charge in [-0.25, -0.2) is 0 Å². The van der Waals surface area contributed by atoms with Crippen molar-refractivity contribution in [3.8, 4) is 0 Å². The summed E-state index contributed by atoms with van der Waals surface area (Å²) >= 11 is 5.52. The topological polar surface area (TPSA) is 68.3 Å². The van der Waals surface area contributed by atoms with Crippen LogP contribution in [-0.2, 0) is 0 Å². The normalized spacial score (nSPS) is 12.5. The van der Waals surface area contributed by atoms with Gasteiger partial charge in [0, 0.05) is 12.6 Å². The predicted molar refractivity (Wildman–Crippen MR) is 54.3 cm³/mol. The summed E-state index contributed by atoms with van der Waals surface area (Å²) in [5.74, 6) is -0.0842. The van der Waals surface area contributed by atoms with E-state index in [9.17, 15) is 4.79 Å². The molecular weight excluding hydrogens is 204 g/mol. The third-order valence-corrected chi connectivity index (χ3v) is 2.05. The summed E-state index contributed by atoms with van der Waals surface area (Å²) in [6.07, 6.45) is 0.819. The Kier molecular flexibility index (Phi) is 3.98. The summed E-state index contributed by atoms with van der Waals surface area (Å²) in [6.45, 7) is 2.40. The van der Waals surface area contributed by atoms with Crippen molar-refractivity contribution in [2.45, 2.75) is 19.4 Å². The second-order valence-electron chi connectivity index (χ2n) is 2.98. The van der Waals surface area contributed by atoms with Crippen LogP contribution in [0.5, 0.6) is 0 Å². The predicted octanol–water partition coefficient (Wildman–Crippen LogP) is 1.40. The smallest absolute Gasteiger partial charge is 0.287 e. The van der Waals surface area contributed by atoms with Gasteiger partial charge in [-0.1, -0.05) is 6.92 Å². The van der Waals surface area contributed by atoms with Gasteiger partial charge in [-0.3, -0.25) is 4.79 Å². The number of hydrogen-bond acceptors (Lipinski definition) is 3. The highest BCUT2D eigenvalue weighted by molar-refractivity contribution is 6.29. The minimum Gasteiger partial charge on any atom is -0.440 e. The number of carbonyl (C=O) groups excluding carboxylic acids is 1. The van der Waals surface area contributed by atoms with Gasteiger partial charge < -0.3 is 15.5 Å². The minimum atomic E-state index is -0.291. The van der Waals surface area contributed by atoms with E-state index in [0.29, 0.717) is 6.54 Å². The number of furan rings is 1. The molecule has 1 rings (SSSR count). The van der Waals surface area contributed by atoms with E-state index in [1.165, 1.54) is 12.1 Å². The summed E-state index contributed by atoms with van der Waals surface area (Å²) in [7, 11) is 0. The molecule has 0 aromatic carbocycles.